The molecule has 1 aromatic rings. The van der Waals surface area contributed by atoms with Gasteiger partial charge in [-0.05, 0) is 55.8 Å². The number of aryl methyl sites for hydroxylation is 1. The molecule has 0 saturated carbocycles. The van der Waals surface area contributed by atoms with Gasteiger partial charge in [0.25, 0.3) is 0 Å². The van der Waals surface area contributed by atoms with Crippen LogP contribution >= 0.6 is 0 Å². The van der Waals surface area contributed by atoms with Gasteiger partial charge in [0.05, 0.1) is 0 Å². The summed E-state index contributed by atoms with van der Waals surface area (Å²) in [6.07, 6.45) is 5.24. The van der Waals surface area contributed by atoms with Gasteiger partial charge in [0.1, 0.15) is 0 Å². The maximum absolute atomic E-state index is 3.59. The van der Waals surface area contributed by atoms with Crippen LogP contribution < -0.4 is 5.32 Å². The Morgan fingerprint density at radius 2 is 2.05 bits per heavy atom. The lowest BCUT2D eigenvalue weighted by Crippen LogP contribution is -2.51. The Kier molecular flexibility index (Phi) is 3.87. The molecular weight excluding hydrogens is 244 g/mol. The topological polar surface area (TPSA) is 15.3 Å². The monoisotopic (exact) mass is 272 g/mol. The number of likely N-dealkylation sites (tertiary alicyclic amines) is 1. The van der Waals surface area contributed by atoms with Gasteiger partial charge in [-0.3, -0.25) is 4.90 Å². The summed E-state index contributed by atoms with van der Waals surface area (Å²) in [5.74, 6) is 0. The predicted molar refractivity (Wildman–Crippen MR) is 84.9 cm³/mol. The van der Waals surface area contributed by atoms with Crippen LogP contribution in [-0.2, 0) is 6.42 Å². The lowest BCUT2D eigenvalue weighted by Gasteiger charge is -2.47. The summed E-state index contributed by atoms with van der Waals surface area (Å²) >= 11 is 0. The third-order valence-corrected chi connectivity index (χ3v) is 5.19. The second-order valence-corrected chi connectivity index (χ2v) is 7.31. The van der Waals surface area contributed by atoms with Crippen LogP contribution in [0.3, 0.4) is 0 Å². The smallest absolute Gasteiger partial charge is 0.0478 e. The summed E-state index contributed by atoms with van der Waals surface area (Å²) in [5, 5.41) is 3.59. The Balaban J connectivity index is 1.84. The molecule has 0 amide bonds. The number of benzene rings is 1. The van der Waals surface area contributed by atoms with Crippen LogP contribution in [0.4, 0.5) is 0 Å². The number of piperidine rings is 1. The van der Waals surface area contributed by atoms with Crippen molar-refractivity contribution in [2.24, 2.45) is 5.41 Å². The average Bonchev–Trinajstić information content (AvgIpc) is 2.45. The molecular formula is C18H28N2. The van der Waals surface area contributed by atoms with Gasteiger partial charge in [0.15, 0.2) is 0 Å². The zero-order valence-electron chi connectivity index (χ0n) is 13.2. The maximum Gasteiger partial charge on any atom is 0.0478 e. The Morgan fingerprint density at radius 3 is 2.80 bits per heavy atom. The first-order chi connectivity index (χ1) is 9.61. The van der Waals surface area contributed by atoms with Crippen molar-refractivity contribution in [3.8, 4) is 0 Å². The molecule has 0 aromatic heterocycles. The highest BCUT2D eigenvalue weighted by Gasteiger charge is 2.36. The quantitative estimate of drug-likeness (QED) is 0.888. The summed E-state index contributed by atoms with van der Waals surface area (Å²) < 4.78 is 0. The SMILES string of the molecule is CNC1c2ccccc2CCC1N1CCCC(C)(C)C1. The van der Waals surface area contributed by atoms with E-state index in [9.17, 15) is 0 Å². The zero-order valence-corrected chi connectivity index (χ0v) is 13.2. The second kappa shape index (κ2) is 5.50. The van der Waals surface area contributed by atoms with E-state index in [1.807, 2.05) is 0 Å². The lowest BCUT2D eigenvalue weighted by molar-refractivity contribution is 0.0544. The van der Waals surface area contributed by atoms with Crippen molar-refractivity contribution in [2.45, 2.75) is 51.6 Å². The van der Waals surface area contributed by atoms with E-state index in [2.05, 4.69) is 55.4 Å². The van der Waals surface area contributed by atoms with E-state index < -0.39 is 0 Å². The first kappa shape index (κ1) is 14.1. The molecule has 2 unspecified atom stereocenters. The van der Waals surface area contributed by atoms with E-state index in [1.54, 1.807) is 5.56 Å². The molecule has 3 rings (SSSR count). The van der Waals surface area contributed by atoms with E-state index >= 15 is 0 Å². The zero-order chi connectivity index (χ0) is 14.2. The molecule has 1 heterocycles. The van der Waals surface area contributed by atoms with Crippen molar-refractivity contribution >= 4 is 0 Å². The van der Waals surface area contributed by atoms with Crippen molar-refractivity contribution in [1.82, 2.24) is 10.2 Å². The Morgan fingerprint density at radius 1 is 1.25 bits per heavy atom. The fourth-order valence-electron chi connectivity index (χ4n) is 4.24. The highest BCUT2D eigenvalue weighted by atomic mass is 15.2. The van der Waals surface area contributed by atoms with Gasteiger partial charge in [-0.1, -0.05) is 38.1 Å². The first-order valence-electron chi connectivity index (χ1n) is 8.10. The Hall–Kier alpha value is -0.860. The molecule has 1 N–H and O–H groups in total. The van der Waals surface area contributed by atoms with Crippen LogP contribution in [-0.4, -0.2) is 31.1 Å². The summed E-state index contributed by atoms with van der Waals surface area (Å²) in [6, 6.07) is 10.1. The molecule has 2 nitrogen and oxygen atoms in total. The van der Waals surface area contributed by atoms with Crippen molar-refractivity contribution in [3.63, 3.8) is 0 Å². The van der Waals surface area contributed by atoms with Crippen LogP contribution in [0.25, 0.3) is 0 Å². The van der Waals surface area contributed by atoms with Gasteiger partial charge < -0.3 is 5.32 Å². The first-order valence-corrected chi connectivity index (χ1v) is 8.10. The van der Waals surface area contributed by atoms with E-state index in [4.69, 9.17) is 0 Å². The fourth-order valence-corrected chi connectivity index (χ4v) is 4.24. The number of hydrogen-bond acceptors (Lipinski definition) is 2. The molecule has 2 aliphatic rings. The van der Waals surface area contributed by atoms with Gasteiger partial charge in [-0.15, -0.1) is 0 Å². The molecule has 0 spiro atoms. The van der Waals surface area contributed by atoms with Gasteiger partial charge in [-0.2, -0.15) is 0 Å². The average molecular weight is 272 g/mol. The molecule has 2 heteroatoms. The highest BCUT2D eigenvalue weighted by Crippen LogP contribution is 2.37. The van der Waals surface area contributed by atoms with Crippen LogP contribution in [0.5, 0.6) is 0 Å². The number of fused-ring (bicyclic) bond motifs is 1. The van der Waals surface area contributed by atoms with Crippen LogP contribution in [0.1, 0.15) is 50.3 Å². The molecule has 20 heavy (non-hydrogen) atoms. The molecule has 2 atom stereocenters. The van der Waals surface area contributed by atoms with Crippen LogP contribution in [0.15, 0.2) is 24.3 Å². The molecule has 1 fully saturated rings. The Bertz CT molecular complexity index is 466. The number of likely N-dealkylation sites (N-methyl/N-ethyl adjacent to an activating group) is 1. The minimum absolute atomic E-state index is 0.480. The number of nitrogens with one attached hydrogen (secondary N) is 1. The molecule has 1 aliphatic carbocycles. The van der Waals surface area contributed by atoms with E-state index in [1.165, 1.54) is 44.3 Å². The fraction of sp³-hybridized carbons (Fsp3) is 0.667. The van der Waals surface area contributed by atoms with Crippen molar-refractivity contribution in [2.75, 3.05) is 20.1 Å². The predicted octanol–water partition coefficient (Wildman–Crippen LogP) is 3.38. The molecule has 1 saturated heterocycles. The second-order valence-electron chi connectivity index (χ2n) is 7.31. The minimum Gasteiger partial charge on any atom is -0.312 e. The summed E-state index contributed by atoms with van der Waals surface area (Å²) in [5.41, 5.74) is 3.54. The molecule has 110 valence electrons. The van der Waals surface area contributed by atoms with Gasteiger partial charge >= 0.3 is 0 Å². The van der Waals surface area contributed by atoms with Crippen molar-refractivity contribution < 1.29 is 0 Å². The third kappa shape index (κ3) is 2.64. The van der Waals surface area contributed by atoms with E-state index in [-0.39, 0.29) is 0 Å². The van der Waals surface area contributed by atoms with Gasteiger partial charge in [0, 0.05) is 18.6 Å². The van der Waals surface area contributed by atoms with E-state index in [0.29, 0.717) is 17.5 Å². The van der Waals surface area contributed by atoms with Gasteiger partial charge in [0.2, 0.25) is 0 Å². The van der Waals surface area contributed by atoms with Crippen molar-refractivity contribution in [1.29, 1.82) is 0 Å². The minimum atomic E-state index is 0.480. The number of rotatable bonds is 2. The summed E-state index contributed by atoms with van der Waals surface area (Å²) in [6.45, 7) is 7.36. The largest absolute Gasteiger partial charge is 0.312 e. The van der Waals surface area contributed by atoms with Gasteiger partial charge in [-0.25, -0.2) is 0 Å². The summed E-state index contributed by atoms with van der Waals surface area (Å²) in [4.78, 5) is 2.75. The van der Waals surface area contributed by atoms with E-state index in [0.717, 1.165) is 0 Å². The number of nitrogens with zero attached hydrogens (tertiary/aromatic N) is 1. The maximum atomic E-state index is 3.59. The lowest BCUT2D eigenvalue weighted by atomic mass is 9.79. The van der Waals surface area contributed by atoms with Crippen molar-refractivity contribution in [3.05, 3.63) is 35.4 Å². The normalized spacial score (nSPS) is 29.9. The molecule has 0 bridgehead atoms. The van der Waals surface area contributed by atoms with Crippen LogP contribution in [0, 0.1) is 5.41 Å². The molecule has 1 aromatic carbocycles. The third-order valence-electron chi connectivity index (χ3n) is 5.19. The van der Waals surface area contributed by atoms with Crippen LogP contribution in [0.2, 0.25) is 0 Å². The Labute approximate surface area is 123 Å². The summed E-state index contributed by atoms with van der Waals surface area (Å²) in [7, 11) is 2.12. The highest BCUT2D eigenvalue weighted by molar-refractivity contribution is 5.34. The molecule has 1 aliphatic heterocycles. The standard InChI is InChI=1S/C18H28N2/c1-18(2)11-6-12-20(13-18)16-10-9-14-7-4-5-8-15(14)17(16)19-3/h4-5,7-8,16-17,19H,6,9-13H2,1-3H3. The number of hydrogen-bond donors (Lipinski definition) is 1. The molecule has 0 radical (unpaired) electrons.